The molecule has 0 saturated heterocycles. The summed E-state index contributed by atoms with van der Waals surface area (Å²) in [6.45, 7) is 7.45. The quantitative estimate of drug-likeness (QED) is 0.632. The van der Waals surface area contributed by atoms with Gasteiger partial charge >= 0.3 is 0 Å². The Morgan fingerprint density at radius 2 is 1.79 bits per heavy atom. The van der Waals surface area contributed by atoms with Crippen molar-refractivity contribution in [2.24, 2.45) is 0 Å². The van der Waals surface area contributed by atoms with Crippen LogP contribution in [0.3, 0.4) is 0 Å². The number of phenolic OH excluding ortho intramolecular Hbond substituents is 1. The van der Waals surface area contributed by atoms with Gasteiger partial charge in [0.15, 0.2) is 0 Å². The van der Waals surface area contributed by atoms with Crippen LogP contribution in [0.25, 0.3) is 0 Å². The summed E-state index contributed by atoms with van der Waals surface area (Å²) in [7, 11) is 0. The summed E-state index contributed by atoms with van der Waals surface area (Å²) in [5.74, 6) is 0.397. The van der Waals surface area contributed by atoms with E-state index in [2.05, 4.69) is 32.2 Å². The molecule has 108 valence electrons. The van der Waals surface area contributed by atoms with E-state index in [1.54, 1.807) is 6.07 Å². The maximum absolute atomic E-state index is 9.87. The lowest BCUT2D eigenvalue weighted by molar-refractivity contribution is 0.449. The third kappa shape index (κ3) is 6.11. The van der Waals surface area contributed by atoms with Gasteiger partial charge in [-0.25, -0.2) is 0 Å². The monoisotopic (exact) mass is 263 g/mol. The second kappa shape index (κ2) is 8.98. The number of aromatic hydroxyl groups is 1. The molecular formula is C17H29NO. The Morgan fingerprint density at radius 1 is 1.11 bits per heavy atom. The Kier molecular flexibility index (Phi) is 7.57. The normalized spacial score (nSPS) is 12.6. The Hall–Kier alpha value is -1.02. The summed E-state index contributed by atoms with van der Waals surface area (Å²) in [5, 5.41) is 13.4. The summed E-state index contributed by atoms with van der Waals surface area (Å²) in [6, 6.07) is 6.01. The molecule has 1 aromatic rings. The zero-order valence-electron chi connectivity index (χ0n) is 12.7. The van der Waals surface area contributed by atoms with E-state index < -0.39 is 0 Å². The first-order chi connectivity index (χ1) is 9.15. The molecule has 1 atom stereocenters. The summed E-state index contributed by atoms with van der Waals surface area (Å²) in [5.41, 5.74) is 2.20. The minimum Gasteiger partial charge on any atom is -0.508 e. The molecule has 0 bridgehead atoms. The highest BCUT2D eigenvalue weighted by atomic mass is 16.3. The molecule has 2 N–H and O–H groups in total. The van der Waals surface area contributed by atoms with Crippen LogP contribution in [0.4, 0.5) is 0 Å². The number of nitrogens with one attached hydrogen (secondary N) is 1. The predicted molar refractivity (Wildman–Crippen MR) is 82.6 cm³/mol. The van der Waals surface area contributed by atoms with Crippen molar-refractivity contribution in [1.82, 2.24) is 5.32 Å². The minimum absolute atomic E-state index is 0.218. The Labute approximate surface area is 118 Å². The van der Waals surface area contributed by atoms with Gasteiger partial charge in [-0.2, -0.15) is 0 Å². The lowest BCUT2D eigenvalue weighted by atomic mass is 10.0. The summed E-state index contributed by atoms with van der Waals surface area (Å²) >= 11 is 0. The van der Waals surface area contributed by atoms with Crippen LogP contribution in [0.5, 0.6) is 5.75 Å². The number of unbranched alkanes of at least 4 members (excludes halogenated alkanes) is 5. The van der Waals surface area contributed by atoms with Gasteiger partial charge in [-0.05, 0) is 32.9 Å². The van der Waals surface area contributed by atoms with E-state index in [0.717, 1.165) is 12.1 Å². The van der Waals surface area contributed by atoms with Crippen LogP contribution in [0.15, 0.2) is 18.2 Å². The highest BCUT2D eigenvalue weighted by Crippen LogP contribution is 2.24. The average molecular weight is 263 g/mol. The fourth-order valence-electron chi connectivity index (χ4n) is 2.35. The molecule has 0 amide bonds. The molecule has 2 heteroatoms. The highest BCUT2D eigenvalue weighted by molar-refractivity contribution is 5.37. The first-order valence-electron chi connectivity index (χ1n) is 7.68. The zero-order valence-corrected chi connectivity index (χ0v) is 12.7. The molecule has 0 aliphatic heterocycles. The van der Waals surface area contributed by atoms with E-state index in [1.807, 2.05) is 6.07 Å². The third-order valence-corrected chi connectivity index (χ3v) is 3.63. The van der Waals surface area contributed by atoms with Crippen molar-refractivity contribution >= 4 is 0 Å². The van der Waals surface area contributed by atoms with Gasteiger partial charge in [0.2, 0.25) is 0 Å². The maximum atomic E-state index is 9.87. The van der Waals surface area contributed by atoms with E-state index in [0.29, 0.717) is 5.75 Å². The molecule has 2 nitrogen and oxygen atoms in total. The molecule has 19 heavy (non-hydrogen) atoms. The SMILES string of the molecule is CCCCCCCCNC(C)c1cc(C)ccc1O. The number of benzene rings is 1. The first kappa shape index (κ1) is 16.0. The van der Waals surface area contributed by atoms with Crippen LogP contribution in [-0.4, -0.2) is 11.7 Å². The number of phenols is 1. The van der Waals surface area contributed by atoms with Crippen LogP contribution in [0.2, 0.25) is 0 Å². The molecular weight excluding hydrogens is 234 g/mol. The minimum atomic E-state index is 0.218. The maximum Gasteiger partial charge on any atom is 0.120 e. The molecule has 1 rings (SSSR count). The van der Waals surface area contributed by atoms with Gasteiger partial charge in [0.05, 0.1) is 0 Å². The van der Waals surface area contributed by atoms with Gasteiger partial charge in [-0.3, -0.25) is 0 Å². The number of hydrogen-bond donors (Lipinski definition) is 2. The Balaban J connectivity index is 2.23. The largest absolute Gasteiger partial charge is 0.508 e. The van der Waals surface area contributed by atoms with Crippen molar-refractivity contribution in [3.05, 3.63) is 29.3 Å². The number of hydrogen-bond acceptors (Lipinski definition) is 2. The zero-order chi connectivity index (χ0) is 14.1. The smallest absolute Gasteiger partial charge is 0.120 e. The molecule has 1 unspecified atom stereocenters. The Bertz CT molecular complexity index is 362. The molecule has 0 aromatic heterocycles. The first-order valence-corrected chi connectivity index (χ1v) is 7.68. The van der Waals surface area contributed by atoms with Crippen molar-refractivity contribution < 1.29 is 5.11 Å². The summed E-state index contributed by atoms with van der Waals surface area (Å²) in [4.78, 5) is 0. The molecule has 0 fully saturated rings. The molecule has 1 aromatic carbocycles. The van der Waals surface area contributed by atoms with Crippen molar-refractivity contribution in [2.75, 3.05) is 6.54 Å². The lowest BCUT2D eigenvalue weighted by Gasteiger charge is -2.16. The van der Waals surface area contributed by atoms with E-state index in [9.17, 15) is 5.11 Å². The highest BCUT2D eigenvalue weighted by Gasteiger charge is 2.09. The fourth-order valence-corrected chi connectivity index (χ4v) is 2.35. The summed E-state index contributed by atoms with van der Waals surface area (Å²) in [6.07, 6.45) is 7.91. The van der Waals surface area contributed by atoms with E-state index in [1.165, 1.54) is 44.1 Å². The van der Waals surface area contributed by atoms with Crippen LogP contribution in [0.1, 0.15) is 69.5 Å². The van der Waals surface area contributed by atoms with Gasteiger partial charge < -0.3 is 10.4 Å². The van der Waals surface area contributed by atoms with Gasteiger partial charge in [0.1, 0.15) is 5.75 Å². The van der Waals surface area contributed by atoms with Gasteiger partial charge in [-0.1, -0.05) is 56.7 Å². The molecule has 0 spiro atoms. The third-order valence-electron chi connectivity index (χ3n) is 3.63. The molecule has 0 saturated carbocycles. The number of rotatable bonds is 9. The Morgan fingerprint density at radius 3 is 2.53 bits per heavy atom. The van der Waals surface area contributed by atoms with E-state index in [4.69, 9.17) is 0 Å². The van der Waals surface area contributed by atoms with Crippen LogP contribution >= 0.6 is 0 Å². The van der Waals surface area contributed by atoms with Gasteiger partial charge in [-0.15, -0.1) is 0 Å². The van der Waals surface area contributed by atoms with Crippen LogP contribution < -0.4 is 5.32 Å². The van der Waals surface area contributed by atoms with Crippen molar-refractivity contribution in [2.45, 2.75) is 65.3 Å². The standard InChI is InChI=1S/C17H29NO/c1-4-5-6-7-8-9-12-18-15(3)16-13-14(2)10-11-17(16)19/h10-11,13,15,18-19H,4-9,12H2,1-3H3. The topological polar surface area (TPSA) is 32.3 Å². The second-order valence-electron chi connectivity index (χ2n) is 5.51. The fraction of sp³-hybridized carbons (Fsp3) is 0.647. The summed E-state index contributed by atoms with van der Waals surface area (Å²) < 4.78 is 0. The lowest BCUT2D eigenvalue weighted by Crippen LogP contribution is -2.20. The molecule has 0 radical (unpaired) electrons. The van der Waals surface area contributed by atoms with Crippen molar-refractivity contribution in [3.8, 4) is 5.75 Å². The van der Waals surface area contributed by atoms with Gasteiger partial charge in [0, 0.05) is 11.6 Å². The number of aryl methyl sites for hydroxylation is 1. The van der Waals surface area contributed by atoms with Crippen LogP contribution in [0, 0.1) is 6.92 Å². The van der Waals surface area contributed by atoms with Crippen molar-refractivity contribution in [3.63, 3.8) is 0 Å². The van der Waals surface area contributed by atoms with Crippen molar-refractivity contribution in [1.29, 1.82) is 0 Å². The molecule has 0 heterocycles. The average Bonchev–Trinajstić information content (AvgIpc) is 2.40. The predicted octanol–water partition coefficient (Wildman–Crippen LogP) is 4.71. The second-order valence-corrected chi connectivity index (χ2v) is 5.51. The van der Waals surface area contributed by atoms with E-state index >= 15 is 0 Å². The van der Waals surface area contributed by atoms with Crippen LogP contribution in [-0.2, 0) is 0 Å². The molecule has 0 aliphatic carbocycles. The molecule has 0 aliphatic rings. The van der Waals surface area contributed by atoms with E-state index in [-0.39, 0.29) is 6.04 Å². The van der Waals surface area contributed by atoms with Gasteiger partial charge in [0.25, 0.3) is 0 Å².